The normalized spacial score (nSPS) is 10.1. The van der Waals surface area contributed by atoms with Crippen LogP contribution in [-0.2, 0) is 26.2 Å². The van der Waals surface area contributed by atoms with Gasteiger partial charge in [-0.25, -0.2) is 0 Å². The van der Waals surface area contributed by atoms with Crippen molar-refractivity contribution >= 4 is 41.4 Å². The second kappa shape index (κ2) is 13.5. The van der Waals surface area contributed by atoms with E-state index >= 15 is 0 Å². The summed E-state index contributed by atoms with van der Waals surface area (Å²) in [6.07, 6.45) is 0. The fourth-order valence-electron chi connectivity index (χ4n) is 4.28. The molecule has 0 nitrogen and oxygen atoms in total. The van der Waals surface area contributed by atoms with Crippen molar-refractivity contribution in [2.75, 3.05) is 0 Å². The van der Waals surface area contributed by atoms with E-state index in [2.05, 4.69) is 149 Å². The molecule has 0 aliphatic heterocycles. The van der Waals surface area contributed by atoms with E-state index in [9.17, 15) is 0 Å². The largest absolute Gasteiger partial charge is 2.00 e. The average molecular weight is 560 g/mol. The first-order chi connectivity index (χ1) is 17.0. The van der Waals surface area contributed by atoms with Gasteiger partial charge in [0.2, 0.25) is 0 Å². The van der Waals surface area contributed by atoms with Crippen LogP contribution in [-0.4, -0.2) is 9.52 Å². The third-order valence-electron chi connectivity index (χ3n) is 6.33. The molecule has 0 heterocycles. The molecule has 0 spiro atoms. The quantitative estimate of drug-likeness (QED) is 0.151. The summed E-state index contributed by atoms with van der Waals surface area (Å²) < 4.78 is 0. The molecule has 0 N–H and O–H groups in total. The van der Waals surface area contributed by atoms with Crippen LogP contribution in [0.25, 0.3) is 21.5 Å². The first-order valence-corrected chi connectivity index (χ1v) is 13.1. The van der Waals surface area contributed by atoms with Gasteiger partial charge in [-0.15, -0.1) is 56.9 Å². The second-order valence-corrected chi connectivity index (χ2v) is 10.4. The zero-order valence-electron chi connectivity index (χ0n) is 21.5. The fraction of sp³-hybridized carbons (Fsp3) is 0.118. The molecule has 6 aromatic carbocycles. The van der Waals surface area contributed by atoms with Crippen molar-refractivity contribution in [2.24, 2.45) is 0 Å². The molecule has 0 aliphatic rings. The third kappa shape index (κ3) is 7.12. The van der Waals surface area contributed by atoms with Gasteiger partial charge in [-0.2, -0.15) is 24.3 Å². The maximum atomic E-state index is 2.18. The molecule has 2 radical (unpaired) electrons. The Hall–Kier alpha value is -2.80. The predicted molar refractivity (Wildman–Crippen MR) is 156 cm³/mol. The molecule has 0 aromatic heterocycles. The van der Waals surface area contributed by atoms with E-state index in [1.807, 2.05) is 0 Å². The summed E-state index contributed by atoms with van der Waals surface area (Å²) >= 11 is 0. The Labute approximate surface area is 237 Å². The van der Waals surface area contributed by atoms with Gasteiger partial charge in [-0.1, -0.05) is 108 Å². The Morgan fingerprint density at radius 3 is 1.17 bits per heavy atom. The van der Waals surface area contributed by atoms with Crippen LogP contribution in [0.4, 0.5) is 0 Å². The summed E-state index contributed by atoms with van der Waals surface area (Å²) in [7, 11) is 0.777. The van der Waals surface area contributed by atoms with Crippen molar-refractivity contribution < 1.29 is 26.2 Å². The van der Waals surface area contributed by atoms with E-state index < -0.39 is 0 Å². The maximum absolute atomic E-state index is 2.18. The molecule has 0 fully saturated rings. The van der Waals surface area contributed by atoms with Gasteiger partial charge >= 0.3 is 26.2 Å². The summed E-state index contributed by atoms with van der Waals surface area (Å²) in [5.74, 6) is 0. The predicted octanol–water partition coefficient (Wildman–Crippen LogP) is 7.69. The molecule has 176 valence electrons. The second-order valence-electron chi connectivity index (χ2n) is 8.96. The van der Waals surface area contributed by atoms with Gasteiger partial charge in [0.05, 0.1) is 0 Å². The van der Waals surface area contributed by atoms with Crippen LogP contribution in [0.2, 0.25) is 0 Å². The Kier molecular flexibility index (Phi) is 10.4. The van der Waals surface area contributed by atoms with E-state index in [4.69, 9.17) is 0 Å². The van der Waals surface area contributed by atoms with Gasteiger partial charge < -0.3 is 0 Å². The molecule has 36 heavy (non-hydrogen) atoms. The molecule has 0 atom stereocenters. The molecule has 0 saturated heterocycles. The number of fused-ring (bicyclic) bond motifs is 2. The smallest absolute Gasteiger partial charge is 0.168 e. The standard InChI is InChI=1S/C12H10Si.2C11H11.Zr/c1-3-7-11(8-4-1)13-12-9-5-2-6-10-12;2*1-8-6-7-9(2)11-5-3-4-10(8)11;/h1-10H;2*3-7H,1-2H3;/q;2*-1;+2. The van der Waals surface area contributed by atoms with E-state index in [0.717, 1.165) is 9.52 Å². The Balaban J connectivity index is 0.000000149. The average Bonchev–Trinajstić information content (AvgIpc) is 3.58. The van der Waals surface area contributed by atoms with Crippen molar-refractivity contribution in [3.8, 4) is 0 Å². The topological polar surface area (TPSA) is 0 Å². The number of rotatable bonds is 2. The van der Waals surface area contributed by atoms with Crippen molar-refractivity contribution in [1.82, 2.24) is 0 Å². The molecule has 6 aromatic rings. The van der Waals surface area contributed by atoms with Crippen LogP contribution in [0, 0.1) is 27.7 Å². The van der Waals surface area contributed by atoms with E-state index in [0.29, 0.717) is 0 Å². The van der Waals surface area contributed by atoms with Gasteiger partial charge in [-0.3, -0.25) is 0 Å². The number of hydrogen-bond donors (Lipinski definition) is 0. The van der Waals surface area contributed by atoms with Gasteiger partial charge in [0.25, 0.3) is 0 Å². The van der Waals surface area contributed by atoms with Crippen LogP contribution < -0.4 is 10.4 Å². The minimum absolute atomic E-state index is 0. The Morgan fingerprint density at radius 2 is 0.806 bits per heavy atom. The zero-order valence-corrected chi connectivity index (χ0v) is 25.0. The van der Waals surface area contributed by atoms with Crippen LogP contribution in [0.3, 0.4) is 0 Å². The first kappa shape index (κ1) is 27.8. The minimum Gasteiger partial charge on any atom is -0.168 e. The minimum atomic E-state index is 0. The summed E-state index contributed by atoms with van der Waals surface area (Å²) in [5, 5.41) is 8.37. The summed E-state index contributed by atoms with van der Waals surface area (Å²) in [5.41, 5.74) is 5.48. The van der Waals surface area contributed by atoms with Crippen molar-refractivity contribution in [2.45, 2.75) is 27.7 Å². The van der Waals surface area contributed by atoms with Gasteiger partial charge in [0, 0.05) is 0 Å². The van der Waals surface area contributed by atoms with Crippen molar-refractivity contribution in [1.29, 1.82) is 0 Å². The van der Waals surface area contributed by atoms with Gasteiger partial charge in [0.15, 0.2) is 0 Å². The molecule has 0 bridgehead atoms. The van der Waals surface area contributed by atoms with Gasteiger partial charge in [-0.05, 0) is 13.8 Å². The van der Waals surface area contributed by atoms with E-state index in [-0.39, 0.29) is 26.2 Å². The molecule has 0 unspecified atom stereocenters. The molecular weight excluding hydrogens is 528 g/mol. The SMILES string of the molecule is Cc1ccc(C)c2[cH-]ccc12.Cc1ccc(C)c2[cH-]ccc12.[Zr+2].c1ccc([Si]c2ccccc2)cc1. The third-order valence-corrected chi connectivity index (χ3v) is 7.58. The number of benzene rings is 4. The zero-order chi connectivity index (χ0) is 24.6. The van der Waals surface area contributed by atoms with Gasteiger partial charge in [0.1, 0.15) is 9.52 Å². The van der Waals surface area contributed by atoms with Crippen LogP contribution in [0.1, 0.15) is 22.3 Å². The molecule has 0 aliphatic carbocycles. The molecule has 6 rings (SSSR count). The Morgan fingerprint density at radius 1 is 0.444 bits per heavy atom. The van der Waals surface area contributed by atoms with Crippen molar-refractivity contribution in [3.05, 3.63) is 144 Å². The number of aryl methyl sites for hydroxylation is 4. The summed E-state index contributed by atoms with van der Waals surface area (Å²) in [6.45, 7) is 8.62. The molecule has 2 heteroatoms. The molecule has 0 saturated carbocycles. The summed E-state index contributed by atoms with van der Waals surface area (Å²) in [6, 6.07) is 42.8. The Bertz CT molecular complexity index is 1300. The fourth-order valence-corrected chi connectivity index (χ4v) is 5.34. The molecule has 0 amide bonds. The van der Waals surface area contributed by atoms with Crippen molar-refractivity contribution in [3.63, 3.8) is 0 Å². The maximum Gasteiger partial charge on any atom is 2.00 e. The van der Waals surface area contributed by atoms with Crippen LogP contribution in [0.5, 0.6) is 0 Å². The molecular formula is C34H32SiZr. The number of hydrogen-bond acceptors (Lipinski definition) is 0. The van der Waals surface area contributed by atoms with Crippen LogP contribution in [0.15, 0.2) is 121 Å². The van der Waals surface area contributed by atoms with Crippen LogP contribution >= 0.6 is 0 Å². The van der Waals surface area contributed by atoms with E-state index in [1.165, 1.54) is 54.2 Å². The monoisotopic (exact) mass is 558 g/mol. The summed E-state index contributed by atoms with van der Waals surface area (Å²) in [4.78, 5) is 0. The van der Waals surface area contributed by atoms with E-state index in [1.54, 1.807) is 0 Å². The first-order valence-electron chi connectivity index (χ1n) is 12.1.